The predicted molar refractivity (Wildman–Crippen MR) is 74.5 cm³/mol. The highest BCUT2D eigenvalue weighted by Crippen LogP contribution is 2.37. The summed E-state index contributed by atoms with van der Waals surface area (Å²) in [4.78, 5) is 24.0. The summed E-state index contributed by atoms with van der Waals surface area (Å²) in [5.74, 6) is -0.499. The van der Waals surface area contributed by atoms with Gasteiger partial charge in [0.05, 0.1) is 18.8 Å². The Morgan fingerprint density at radius 1 is 1.40 bits per heavy atom. The second-order valence-electron chi connectivity index (χ2n) is 5.44. The lowest BCUT2D eigenvalue weighted by atomic mass is 10.1. The van der Waals surface area contributed by atoms with Crippen LogP contribution in [-0.2, 0) is 22.5 Å². The molecule has 6 nitrogen and oxygen atoms in total. The maximum Gasteiger partial charge on any atom is 0.409 e. The van der Waals surface area contributed by atoms with Gasteiger partial charge in [-0.25, -0.2) is 9.59 Å². The third-order valence-corrected chi connectivity index (χ3v) is 3.76. The quantitative estimate of drug-likeness (QED) is 0.820. The molecule has 0 atom stereocenters. The van der Waals surface area contributed by atoms with Gasteiger partial charge in [-0.2, -0.15) is 0 Å². The Bertz CT molecular complexity index is 544. The number of carbonyl (C=O) groups is 2. The van der Waals surface area contributed by atoms with Crippen LogP contribution in [0.25, 0.3) is 0 Å². The lowest BCUT2D eigenvalue weighted by molar-refractivity contribution is 0.00686. The van der Waals surface area contributed by atoms with Gasteiger partial charge in [-0.05, 0) is 32.8 Å². The molecule has 20 heavy (non-hydrogen) atoms. The number of anilines is 1. The summed E-state index contributed by atoms with van der Waals surface area (Å²) in [6.07, 6.45) is -0.615. The molecule has 1 aliphatic rings. The second kappa shape index (κ2) is 5.41. The van der Waals surface area contributed by atoms with Crippen molar-refractivity contribution in [2.45, 2.75) is 39.4 Å². The summed E-state index contributed by atoms with van der Waals surface area (Å²) in [6, 6.07) is 0. The predicted octanol–water partition coefficient (Wildman–Crippen LogP) is 2.87. The fourth-order valence-corrected chi connectivity index (χ4v) is 3.13. The summed E-state index contributed by atoms with van der Waals surface area (Å²) in [6.45, 7) is 6.24. The van der Waals surface area contributed by atoms with E-state index in [9.17, 15) is 9.59 Å². The average molecular weight is 299 g/mol. The molecule has 0 saturated carbocycles. The Hall–Kier alpha value is -1.60. The molecule has 1 aromatic rings. The standard InChI is InChI=1S/C13H17NO5S/c1-13(2,3)19-11(15)9-7-4-5-18-6-8(7)20-10(9)14-12(16)17/h14H,4-6H2,1-3H3,(H,16,17). The zero-order valence-electron chi connectivity index (χ0n) is 11.6. The minimum Gasteiger partial charge on any atom is -0.465 e. The molecular formula is C13H17NO5S. The lowest BCUT2D eigenvalue weighted by Crippen LogP contribution is -2.25. The third kappa shape index (κ3) is 3.29. The zero-order valence-corrected chi connectivity index (χ0v) is 12.4. The van der Waals surface area contributed by atoms with Crippen molar-refractivity contribution in [3.05, 3.63) is 16.0 Å². The van der Waals surface area contributed by atoms with Crippen molar-refractivity contribution in [2.24, 2.45) is 0 Å². The topological polar surface area (TPSA) is 84.9 Å². The first-order chi connectivity index (χ1) is 9.28. The molecule has 0 fully saturated rings. The van der Waals surface area contributed by atoms with E-state index in [0.29, 0.717) is 30.2 Å². The summed E-state index contributed by atoms with van der Waals surface area (Å²) >= 11 is 1.23. The van der Waals surface area contributed by atoms with Gasteiger partial charge in [-0.3, -0.25) is 5.32 Å². The van der Waals surface area contributed by atoms with Gasteiger partial charge in [0, 0.05) is 4.88 Å². The number of carboxylic acid groups (broad SMARTS) is 1. The minimum absolute atomic E-state index is 0.308. The van der Waals surface area contributed by atoms with Crippen LogP contribution in [0.5, 0.6) is 0 Å². The van der Waals surface area contributed by atoms with E-state index in [1.165, 1.54) is 11.3 Å². The number of rotatable bonds is 2. The van der Waals surface area contributed by atoms with Gasteiger partial charge in [-0.1, -0.05) is 0 Å². The van der Waals surface area contributed by atoms with Gasteiger partial charge in [0.2, 0.25) is 0 Å². The van der Waals surface area contributed by atoms with Gasteiger partial charge < -0.3 is 14.6 Å². The van der Waals surface area contributed by atoms with Crippen molar-refractivity contribution in [1.82, 2.24) is 0 Å². The van der Waals surface area contributed by atoms with E-state index in [1.807, 2.05) is 0 Å². The normalized spacial score (nSPS) is 14.6. The molecular weight excluding hydrogens is 282 g/mol. The van der Waals surface area contributed by atoms with E-state index in [2.05, 4.69) is 5.32 Å². The molecule has 0 bridgehead atoms. The molecule has 0 aromatic carbocycles. The second-order valence-corrected chi connectivity index (χ2v) is 6.55. The number of amides is 1. The van der Waals surface area contributed by atoms with Crippen LogP contribution in [0.1, 0.15) is 41.6 Å². The van der Waals surface area contributed by atoms with Crippen LogP contribution in [0.15, 0.2) is 0 Å². The van der Waals surface area contributed by atoms with Gasteiger partial charge in [-0.15, -0.1) is 11.3 Å². The number of thiophene rings is 1. The maximum atomic E-state index is 12.3. The summed E-state index contributed by atoms with van der Waals surface area (Å²) < 4.78 is 10.7. The van der Waals surface area contributed by atoms with Crippen LogP contribution in [-0.4, -0.2) is 29.4 Å². The fraction of sp³-hybridized carbons (Fsp3) is 0.538. The average Bonchev–Trinajstić information content (AvgIpc) is 2.63. The summed E-state index contributed by atoms with van der Waals surface area (Å²) in [7, 11) is 0. The lowest BCUT2D eigenvalue weighted by Gasteiger charge is -2.21. The SMILES string of the molecule is CC(C)(C)OC(=O)c1c(NC(=O)O)sc2c1CCOC2. The van der Waals surface area contributed by atoms with E-state index < -0.39 is 17.7 Å². The van der Waals surface area contributed by atoms with Crippen LogP contribution in [0.4, 0.5) is 9.80 Å². The van der Waals surface area contributed by atoms with E-state index in [-0.39, 0.29) is 0 Å². The largest absolute Gasteiger partial charge is 0.465 e. The van der Waals surface area contributed by atoms with E-state index in [4.69, 9.17) is 14.6 Å². The Morgan fingerprint density at radius 3 is 2.70 bits per heavy atom. The number of ether oxygens (including phenoxy) is 2. The highest BCUT2D eigenvalue weighted by molar-refractivity contribution is 7.16. The minimum atomic E-state index is -1.20. The molecule has 7 heteroatoms. The number of esters is 1. The molecule has 2 heterocycles. The Morgan fingerprint density at radius 2 is 2.10 bits per heavy atom. The molecule has 1 aromatic heterocycles. The summed E-state index contributed by atoms with van der Waals surface area (Å²) in [5.41, 5.74) is 0.530. The number of fused-ring (bicyclic) bond motifs is 1. The van der Waals surface area contributed by atoms with Crippen LogP contribution in [0.3, 0.4) is 0 Å². The first-order valence-electron chi connectivity index (χ1n) is 6.23. The van der Waals surface area contributed by atoms with Crippen molar-refractivity contribution >= 4 is 28.4 Å². The van der Waals surface area contributed by atoms with Gasteiger partial charge in [0.1, 0.15) is 10.6 Å². The first-order valence-corrected chi connectivity index (χ1v) is 7.05. The molecule has 0 aliphatic carbocycles. The highest BCUT2D eigenvalue weighted by atomic mass is 32.1. The van der Waals surface area contributed by atoms with E-state index >= 15 is 0 Å². The van der Waals surface area contributed by atoms with Crippen molar-refractivity contribution in [3.8, 4) is 0 Å². The van der Waals surface area contributed by atoms with E-state index in [0.717, 1.165) is 10.4 Å². The monoisotopic (exact) mass is 299 g/mol. The number of carbonyl (C=O) groups excluding carboxylic acids is 1. The molecule has 2 N–H and O–H groups in total. The molecule has 110 valence electrons. The van der Waals surface area contributed by atoms with Crippen LogP contribution < -0.4 is 5.32 Å². The molecule has 1 aliphatic heterocycles. The number of nitrogens with one attached hydrogen (secondary N) is 1. The van der Waals surface area contributed by atoms with Gasteiger partial charge >= 0.3 is 12.1 Å². The smallest absolute Gasteiger partial charge is 0.409 e. The molecule has 0 saturated heterocycles. The fourth-order valence-electron chi connectivity index (χ4n) is 1.96. The van der Waals surface area contributed by atoms with Crippen LogP contribution >= 0.6 is 11.3 Å². The molecule has 1 amide bonds. The molecule has 2 rings (SSSR count). The molecule has 0 spiro atoms. The Kier molecular flexibility index (Phi) is 4.01. The van der Waals surface area contributed by atoms with Gasteiger partial charge in [0.15, 0.2) is 0 Å². The molecule has 0 unspecified atom stereocenters. The van der Waals surface area contributed by atoms with Gasteiger partial charge in [0.25, 0.3) is 0 Å². The van der Waals surface area contributed by atoms with Crippen molar-refractivity contribution in [2.75, 3.05) is 11.9 Å². The highest BCUT2D eigenvalue weighted by Gasteiger charge is 2.29. The zero-order chi connectivity index (χ0) is 14.9. The third-order valence-electron chi connectivity index (χ3n) is 2.64. The van der Waals surface area contributed by atoms with Crippen molar-refractivity contribution in [1.29, 1.82) is 0 Å². The Balaban J connectivity index is 2.40. The Labute approximate surface area is 120 Å². The van der Waals surface area contributed by atoms with Crippen LogP contribution in [0, 0.1) is 0 Å². The van der Waals surface area contributed by atoms with Crippen LogP contribution in [0.2, 0.25) is 0 Å². The number of hydrogen-bond acceptors (Lipinski definition) is 5. The number of hydrogen-bond donors (Lipinski definition) is 2. The van der Waals surface area contributed by atoms with E-state index in [1.54, 1.807) is 20.8 Å². The first kappa shape index (κ1) is 14.8. The van der Waals surface area contributed by atoms with Crippen molar-refractivity contribution < 1.29 is 24.2 Å². The van der Waals surface area contributed by atoms with Crippen molar-refractivity contribution in [3.63, 3.8) is 0 Å². The maximum absolute atomic E-state index is 12.3. The molecule has 0 radical (unpaired) electrons. The summed E-state index contributed by atoms with van der Waals surface area (Å²) in [5, 5.41) is 11.5.